The van der Waals surface area contributed by atoms with Gasteiger partial charge in [-0.2, -0.15) is 5.26 Å². The molecule has 0 atom stereocenters. The van der Waals surface area contributed by atoms with Crippen LogP contribution in [0.25, 0.3) is 0 Å². The molecule has 0 bridgehead atoms. The van der Waals surface area contributed by atoms with Gasteiger partial charge in [-0.15, -0.1) is 0 Å². The number of nitrogens with zero attached hydrogens (tertiary/aromatic N) is 1. The van der Waals surface area contributed by atoms with Crippen molar-refractivity contribution in [3.63, 3.8) is 0 Å². The van der Waals surface area contributed by atoms with Crippen molar-refractivity contribution in [2.75, 3.05) is 13.1 Å². The van der Waals surface area contributed by atoms with E-state index < -0.39 is 5.82 Å². The van der Waals surface area contributed by atoms with E-state index >= 15 is 0 Å². The van der Waals surface area contributed by atoms with Crippen LogP contribution in [0.1, 0.15) is 35.4 Å². The number of nitrogens with one attached hydrogen (secondary N) is 1. The summed E-state index contributed by atoms with van der Waals surface area (Å²) in [6.45, 7) is 2.26. The van der Waals surface area contributed by atoms with Gasteiger partial charge in [0.2, 0.25) is 0 Å². The number of nitriles is 1. The number of piperidine rings is 1. The molecule has 0 unspecified atom stereocenters. The molecular formula is C19H19FN2O. The Morgan fingerprint density at radius 3 is 2.74 bits per heavy atom. The van der Waals surface area contributed by atoms with Gasteiger partial charge < -0.3 is 10.1 Å². The molecule has 0 saturated carbocycles. The zero-order valence-electron chi connectivity index (χ0n) is 12.9. The van der Waals surface area contributed by atoms with Crippen LogP contribution in [0.2, 0.25) is 0 Å². The van der Waals surface area contributed by atoms with E-state index in [4.69, 9.17) is 10.00 Å². The van der Waals surface area contributed by atoms with Crippen molar-refractivity contribution < 1.29 is 9.13 Å². The quantitative estimate of drug-likeness (QED) is 0.935. The number of ether oxygens (including phenoxy) is 1. The van der Waals surface area contributed by atoms with Crippen LogP contribution in [0.3, 0.4) is 0 Å². The molecule has 2 aromatic rings. The predicted molar refractivity (Wildman–Crippen MR) is 86.7 cm³/mol. The first-order valence-corrected chi connectivity index (χ1v) is 7.88. The van der Waals surface area contributed by atoms with Crippen molar-refractivity contribution in [1.82, 2.24) is 5.32 Å². The van der Waals surface area contributed by atoms with E-state index in [9.17, 15) is 4.39 Å². The van der Waals surface area contributed by atoms with Gasteiger partial charge in [0.15, 0.2) is 0 Å². The van der Waals surface area contributed by atoms with Crippen LogP contribution in [0, 0.1) is 17.1 Å². The smallest absolute Gasteiger partial charge is 0.131 e. The first kappa shape index (κ1) is 15.5. The van der Waals surface area contributed by atoms with Crippen LogP contribution in [0.5, 0.6) is 5.75 Å². The lowest BCUT2D eigenvalue weighted by molar-refractivity contribution is 0.299. The van der Waals surface area contributed by atoms with Gasteiger partial charge in [-0.3, -0.25) is 0 Å². The molecule has 3 rings (SSSR count). The molecule has 1 fully saturated rings. The molecule has 1 aliphatic heterocycles. The largest absolute Gasteiger partial charge is 0.489 e. The van der Waals surface area contributed by atoms with Gasteiger partial charge in [-0.25, -0.2) is 4.39 Å². The molecular weight excluding hydrogens is 291 g/mol. The lowest BCUT2D eigenvalue weighted by atomic mass is 9.90. The van der Waals surface area contributed by atoms with Gasteiger partial charge in [0.25, 0.3) is 0 Å². The summed E-state index contributed by atoms with van der Waals surface area (Å²) >= 11 is 0. The van der Waals surface area contributed by atoms with Gasteiger partial charge in [0.1, 0.15) is 18.2 Å². The van der Waals surface area contributed by atoms with E-state index in [0.29, 0.717) is 17.0 Å². The minimum Gasteiger partial charge on any atom is -0.489 e. The Hall–Kier alpha value is -2.38. The van der Waals surface area contributed by atoms with Gasteiger partial charge in [0, 0.05) is 5.56 Å². The summed E-state index contributed by atoms with van der Waals surface area (Å²) in [7, 11) is 0. The first-order valence-electron chi connectivity index (χ1n) is 7.88. The van der Waals surface area contributed by atoms with Crippen LogP contribution >= 0.6 is 0 Å². The summed E-state index contributed by atoms with van der Waals surface area (Å²) in [6, 6.07) is 14.4. The third-order valence-electron chi connectivity index (χ3n) is 4.25. The molecule has 0 amide bonds. The van der Waals surface area contributed by atoms with Gasteiger partial charge in [-0.1, -0.05) is 18.2 Å². The summed E-state index contributed by atoms with van der Waals surface area (Å²) < 4.78 is 19.6. The van der Waals surface area contributed by atoms with E-state index in [0.717, 1.165) is 31.7 Å². The monoisotopic (exact) mass is 310 g/mol. The first-order chi connectivity index (χ1) is 11.3. The van der Waals surface area contributed by atoms with E-state index in [-0.39, 0.29) is 6.61 Å². The molecule has 1 saturated heterocycles. The van der Waals surface area contributed by atoms with Crippen molar-refractivity contribution in [3.05, 3.63) is 65.0 Å². The number of hydrogen-bond donors (Lipinski definition) is 1. The minimum absolute atomic E-state index is 0.160. The second kappa shape index (κ2) is 7.26. The lowest BCUT2D eigenvalue weighted by Crippen LogP contribution is -2.26. The Kier molecular flexibility index (Phi) is 4.89. The molecule has 1 aliphatic rings. The van der Waals surface area contributed by atoms with Crippen LogP contribution in [-0.4, -0.2) is 13.1 Å². The summed E-state index contributed by atoms with van der Waals surface area (Å²) in [4.78, 5) is 0. The molecule has 3 nitrogen and oxygen atoms in total. The van der Waals surface area contributed by atoms with E-state index in [2.05, 4.69) is 17.4 Å². The van der Waals surface area contributed by atoms with Gasteiger partial charge in [0.05, 0.1) is 11.6 Å². The second-order valence-electron chi connectivity index (χ2n) is 5.80. The number of halogens is 1. The average molecular weight is 310 g/mol. The zero-order chi connectivity index (χ0) is 16.1. The Morgan fingerprint density at radius 2 is 2.00 bits per heavy atom. The van der Waals surface area contributed by atoms with Crippen molar-refractivity contribution in [2.45, 2.75) is 25.4 Å². The molecule has 2 aromatic carbocycles. The zero-order valence-corrected chi connectivity index (χ0v) is 12.9. The Bertz CT molecular complexity index is 718. The van der Waals surface area contributed by atoms with E-state index in [1.54, 1.807) is 12.1 Å². The summed E-state index contributed by atoms with van der Waals surface area (Å²) in [5.74, 6) is 0.912. The highest BCUT2D eigenvalue weighted by atomic mass is 19.1. The minimum atomic E-state index is -0.404. The number of rotatable bonds is 4. The third-order valence-corrected chi connectivity index (χ3v) is 4.25. The number of benzene rings is 2. The van der Waals surface area contributed by atoms with Crippen LogP contribution in [0.4, 0.5) is 4.39 Å². The summed E-state index contributed by atoms with van der Waals surface area (Å²) in [5.41, 5.74) is 2.06. The Morgan fingerprint density at radius 1 is 1.17 bits per heavy atom. The Labute approximate surface area is 135 Å². The fourth-order valence-electron chi connectivity index (χ4n) is 2.91. The summed E-state index contributed by atoms with van der Waals surface area (Å²) in [6.07, 6.45) is 2.27. The van der Waals surface area contributed by atoms with E-state index in [1.807, 2.05) is 18.2 Å². The fraction of sp³-hybridized carbons (Fsp3) is 0.316. The highest BCUT2D eigenvalue weighted by Gasteiger charge is 2.15. The number of hydrogen-bond acceptors (Lipinski definition) is 3. The molecule has 0 aromatic heterocycles. The molecule has 0 aliphatic carbocycles. The standard InChI is InChI=1S/C19H19FN2O/c20-19-10-14(12-21)4-5-17(19)13-23-18-3-1-2-16(11-18)15-6-8-22-9-7-15/h1-5,10-11,15,22H,6-9,13H2. The molecule has 4 heteroatoms. The van der Waals surface area contributed by atoms with Crippen molar-refractivity contribution in [3.8, 4) is 11.8 Å². The molecule has 1 N–H and O–H groups in total. The van der Waals surface area contributed by atoms with Crippen LogP contribution < -0.4 is 10.1 Å². The van der Waals surface area contributed by atoms with Crippen molar-refractivity contribution >= 4 is 0 Å². The van der Waals surface area contributed by atoms with Gasteiger partial charge >= 0.3 is 0 Å². The van der Waals surface area contributed by atoms with E-state index in [1.165, 1.54) is 11.6 Å². The Balaban J connectivity index is 1.67. The highest BCUT2D eigenvalue weighted by molar-refractivity contribution is 5.34. The summed E-state index contributed by atoms with van der Waals surface area (Å²) in [5, 5.41) is 12.1. The van der Waals surface area contributed by atoms with Crippen LogP contribution in [0.15, 0.2) is 42.5 Å². The average Bonchev–Trinajstić information content (AvgIpc) is 2.61. The molecule has 0 spiro atoms. The topological polar surface area (TPSA) is 45.0 Å². The van der Waals surface area contributed by atoms with Crippen molar-refractivity contribution in [1.29, 1.82) is 5.26 Å². The van der Waals surface area contributed by atoms with Crippen molar-refractivity contribution in [2.24, 2.45) is 0 Å². The van der Waals surface area contributed by atoms with Crippen LogP contribution in [-0.2, 0) is 6.61 Å². The molecule has 1 heterocycles. The predicted octanol–water partition coefficient (Wildman–Crippen LogP) is 3.74. The third kappa shape index (κ3) is 3.88. The second-order valence-corrected chi connectivity index (χ2v) is 5.80. The maximum absolute atomic E-state index is 13.9. The lowest BCUT2D eigenvalue weighted by Gasteiger charge is -2.23. The maximum atomic E-state index is 13.9. The molecule has 118 valence electrons. The maximum Gasteiger partial charge on any atom is 0.131 e. The van der Waals surface area contributed by atoms with Gasteiger partial charge in [-0.05, 0) is 61.7 Å². The normalized spacial score (nSPS) is 15.1. The molecule has 23 heavy (non-hydrogen) atoms. The fourth-order valence-corrected chi connectivity index (χ4v) is 2.91. The SMILES string of the molecule is N#Cc1ccc(COc2cccc(C3CCNCC3)c2)c(F)c1. The highest BCUT2D eigenvalue weighted by Crippen LogP contribution is 2.28. The molecule has 0 radical (unpaired) electrons.